The van der Waals surface area contributed by atoms with Crippen molar-refractivity contribution in [2.75, 3.05) is 12.4 Å². The van der Waals surface area contributed by atoms with Crippen LogP contribution >= 0.6 is 0 Å². The van der Waals surface area contributed by atoms with Crippen molar-refractivity contribution in [3.05, 3.63) is 22.6 Å². The van der Waals surface area contributed by atoms with E-state index in [-0.39, 0.29) is 0 Å². The number of rotatable bonds is 2. The lowest BCUT2D eigenvalue weighted by Crippen LogP contribution is -2.12. The van der Waals surface area contributed by atoms with Gasteiger partial charge in [-0.3, -0.25) is 4.68 Å². The van der Waals surface area contributed by atoms with E-state index in [1.165, 1.54) is 24.1 Å². The predicted molar refractivity (Wildman–Crippen MR) is 79.9 cm³/mol. The third-order valence-corrected chi connectivity index (χ3v) is 4.15. The van der Waals surface area contributed by atoms with Crippen molar-refractivity contribution in [1.29, 1.82) is 0 Å². The Balaban J connectivity index is 2.19. The van der Waals surface area contributed by atoms with Crippen LogP contribution in [0.1, 0.15) is 35.5 Å². The first kappa shape index (κ1) is 13.1. The number of fused-ring (bicyclic) bond motifs is 1. The molecule has 0 amide bonds. The van der Waals surface area contributed by atoms with Crippen molar-refractivity contribution in [2.24, 2.45) is 7.05 Å². The van der Waals surface area contributed by atoms with E-state index < -0.39 is 0 Å². The van der Waals surface area contributed by atoms with Crippen molar-refractivity contribution in [3.8, 4) is 11.4 Å². The minimum Gasteiger partial charge on any atom is -0.373 e. The van der Waals surface area contributed by atoms with E-state index in [0.29, 0.717) is 0 Å². The Bertz CT molecular complexity index is 640. The maximum atomic E-state index is 4.82. The monoisotopic (exact) mass is 271 g/mol. The van der Waals surface area contributed by atoms with Crippen LogP contribution in [0.25, 0.3) is 11.4 Å². The van der Waals surface area contributed by atoms with Gasteiger partial charge in [0.15, 0.2) is 5.82 Å². The zero-order valence-electron chi connectivity index (χ0n) is 12.6. The zero-order chi connectivity index (χ0) is 14.3. The summed E-state index contributed by atoms with van der Waals surface area (Å²) in [6, 6.07) is 0. The van der Waals surface area contributed by atoms with Crippen LogP contribution in [0.15, 0.2) is 0 Å². The standard InChI is InChI=1S/C15H21N5/c1-9-13(10(2)20(4)19-9)15-17-12-8-6-5-7-11(12)14(16-3)18-15/h5-8H2,1-4H3,(H,16,17,18). The van der Waals surface area contributed by atoms with E-state index in [2.05, 4.69) is 17.3 Å². The van der Waals surface area contributed by atoms with Gasteiger partial charge in [-0.15, -0.1) is 0 Å². The summed E-state index contributed by atoms with van der Waals surface area (Å²) >= 11 is 0. The average molecular weight is 271 g/mol. The largest absolute Gasteiger partial charge is 0.373 e. The first-order valence-corrected chi connectivity index (χ1v) is 7.20. The van der Waals surface area contributed by atoms with E-state index in [1.807, 2.05) is 25.7 Å². The van der Waals surface area contributed by atoms with Crippen molar-refractivity contribution in [2.45, 2.75) is 39.5 Å². The van der Waals surface area contributed by atoms with Crippen molar-refractivity contribution in [3.63, 3.8) is 0 Å². The van der Waals surface area contributed by atoms with Gasteiger partial charge in [0.05, 0.1) is 11.3 Å². The van der Waals surface area contributed by atoms with Gasteiger partial charge in [0.1, 0.15) is 5.82 Å². The SMILES string of the molecule is CNc1nc(-c2c(C)nn(C)c2C)nc2c1CCCC2. The molecule has 0 radical (unpaired) electrons. The maximum Gasteiger partial charge on any atom is 0.165 e. The van der Waals surface area contributed by atoms with Gasteiger partial charge in [-0.25, -0.2) is 9.97 Å². The predicted octanol–water partition coefficient (Wildman–Crippen LogP) is 2.41. The fourth-order valence-electron chi connectivity index (χ4n) is 3.01. The lowest BCUT2D eigenvalue weighted by Gasteiger charge is -2.18. The normalized spacial score (nSPS) is 14.2. The summed E-state index contributed by atoms with van der Waals surface area (Å²) in [6.07, 6.45) is 4.58. The van der Waals surface area contributed by atoms with Crippen molar-refractivity contribution >= 4 is 5.82 Å². The molecule has 0 atom stereocenters. The number of nitrogens with zero attached hydrogens (tertiary/aromatic N) is 4. The Morgan fingerprint density at radius 2 is 1.85 bits per heavy atom. The molecule has 0 saturated carbocycles. The van der Waals surface area contributed by atoms with Crippen LogP contribution in [0.4, 0.5) is 5.82 Å². The van der Waals surface area contributed by atoms with E-state index in [1.54, 1.807) is 0 Å². The first-order chi connectivity index (χ1) is 9.61. The van der Waals surface area contributed by atoms with E-state index >= 15 is 0 Å². The number of aromatic nitrogens is 4. The molecule has 0 aliphatic heterocycles. The van der Waals surface area contributed by atoms with Crippen LogP contribution in [0.5, 0.6) is 0 Å². The van der Waals surface area contributed by atoms with Gasteiger partial charge in [-0.1, -0.05) is 0 Å². The molecule has 1 aliphatic carbocycles. The van der Waals surface area contributed by atoms with Crippen LogP contribution in [0, 0.1) is 13.8 Å². The Kier molecular flexibility index (Phi) is 3.20. The van der Waals surface area contributed by atoms with E-state index in [0.717, 1.165) is 41.4 Å². The van der Waals surface area contributed by atoms with Gasteiger partial charge in [0.2, 0.25) is 0 Å². The molecular weight excluding hydrogens is 250 g/mol. The summed E-state index contributed by atoms with van der Waals surface area (Å²) in [5, 5.41) is 7.70. The number of anilines is 1. The fraction of sp³-hybridized carbons (Fsp3) is 0.533. The van der Waals surface area contributed by atoms with Crippen LogP contribution in [0.3, 0.4) is 0 Å². The van der Waals surface area contributed by atoms with Crippen molar-refractivity contribution in [1.82, 2.24) is 19.7 Å². The quantitative estimate of drug-likeness (QED) is 0.911. The molecule has 3 rings (SSSR count). The molecule has 2 heterocycles. The highest BCUT2D eigenvalue weighted by Gasteiger charge is 2.21. The highest BCUT2D eigenvalue weighted by atomic mass is 15.3. The molecule has 0 fully saturated rings. The molecule has 1 aliphatic rings. The van der Waals surface area contributed by atoms with Crippen LogP contribution < -0.4 is 5.32 Å². The number of hydrogen-bond donors (Lipinski definition) is 1. The molecule has 0 bridgehead atoms. The second-order valence-corrected chi connectivity index (χ2v) is 5.45. The number of nitrogens with one attached hydrogen (secondary N) is 1. The Hall–Kier alpha value is -1.91. The fourth-order valence-corrected chi connectivity index (χ4v) is 3.01. The first-order valence-electron chi connectivity index (χ1n) is 7.20. The highest BCUT2D eigenvalue weighted by Crippen LogP contribution is 2.30. The molecule has 0 saturated heterocycles. The summed E-state index contributed by atoms with van der Waals surface area (Å²) in [5.74, 6) is 1.78. The smallest absolute Gasteiger partial charge is 0.165 e. The van der Waals surface area contributed by atoms with Crippen LogP contribution in [0.2, 0.25) is 0 Å². The Morgan fingerprint density at radius 1 is 1.10 bits per heavy atom. The minimum atomic E-state index is 0.804. The Labute approximate surface area is 119 Å². The summed E-state index contributed by atoms with van der Waals surface area (Å²) < 4.78 is 1.90. The third-order valence-electron chi connectivity index (χ3n) is 4.15. The summed E-state index contributed by atoms with van der Waals surface area (Å²) in [6.45, 7) is 4.08. The van der Waals surface area contributed by atoms with Gasteiger partial charge in [-0.05, 0) is 39.5 Å². The van der Waals surface area contributed by atoms with Gasteiger partial charge in [-0.2, -0.15) is 5.10 Å². The second-order valence-electron chi connectivity index (χ2n) is 5.45. The zero-order valence-corrected chi connectivity index (χ0v) is 12.6. The minimum absolute atomic E-state index is 0.804. The summed E-state index contributed by atoms with van der Waals surface area (Å²) in [5.41, 5.74) is 5.66. The molecule has 0 spiro atoms. The van der Waals surface area contributed by atoms with Crippen molar-refractivity contribution < 1.29 is 0 Å². The lowest BCUT2D eigenvalue weighted by atomic mass is 9.96. The van der Waals surface area contributed by atoms with Crippen LogP contribution in [-0.4, -0.2) is 26.8 Å². The summed E-state index contributed by atoms with van der Waals surface area (Å²) in [4.78, 5) is 9.56. The molecule has 2 aromatic rings. The molecule has 0 aromatic carbocycles. The molecule has 106 valence electrons. The van der Waals surface area contributed by atoms with Crippen LogP contribution in [-0.2, 0) is 19.9 Å². The molecule has 20 heavy (non-hydrogen) atoms. The topological polar surface area (TPSA) is 55.6 Å². The molecule has 0 unspecified atom stereocenters. The third kappa shape index (κ3) is 1.97. The van der Waals surface area contributed by atoms with E-state index in [9.17, 15) is 0 Å². The van der Waals surface area contributed by atoms with Gasteiger partial charge < -0.3 is 5.32 Å². The number of hydrogen-bond acceptors (Lipinski definition) is 4. The van der Waals surface area contributed by atoms with E-state index in [4.69, 9.17) is 9.97 Å². The van der Waals surface area contributed by atoms with Gasteiger partial charge in [0, 0.05) is 31.0 Å². The highest BCUT2D eigenvalue weighted by molar-refractivity contribution is 5.64. The molecule has 5 heteroatoms. The van der Waals surface area contributed by atoms with Gasteiger partial charge >= 0.3 is 0 Å². The number of aryl methyl sites for hydroxylation is 3. The molecule has 2 aromatic heterocycles. The molecule has 1 N–H and O–H groups in total. The molecular formula is C15H21N5. The Morgan fingerprint density at radius 3 is 2.50 bits per heavy atom. The second kappa shape index (κ2) is 4.89. The molecule has 5 nitrogen and oxygen atoms in total. The van der Waals surface area contributed by atoms with Gasteiger partial charge in [0.25, 0.3) is 0 Å². The summed E-state index contributed by atoms with van der Waals surface area (Å²) in [7, 11) is 3.90. The maximum absolute atomic E-state index is 4.82. The lowest BCUT2D eigenvalue weighted by molar-refractivity contribution is 0.665. The average Bonchev–Trinajstić information content (AvgIpc) is 2.71.